The van der Waals surface area contributed by atoms with Crippen LogP contribution < -0.4 is 5.32 Å². The van der Waals surface area contributed by atoms with Gasteiger partial charge in [-0.15, -0.1) is 0 Å². The Morgan fingerprint density at radius 2 is 2.05 bits per heavy atom. The molecule has 19 heavy (non-hydrogen) atoms. The van der Waals surface area contributed by atoms with Gasteiger partial charge in [0.05, 0.1) is 7.11 Å². The first kappa shape index (κ1) is 18.8. The molecule has 0 saturated heterocycles. The van der Waals surface area contributed by atoms with Crippen LogP contribution in [0.4, 0.5) is 0 Å². The van der Waals surface area contributed by atoms with E-state index in [1.54, 1.807) is 0 Å². The Bertz CT molecular complexity index is 248. The zero-order valence-electron chi connectivity index (χ0n) is 13.3. The smallest absolute Gasteiger partial charge is 0.325 e. The molecule has 0 spiro atoms. The predicted molar refractivity (Wildman–Crippen MR) is 84.8 cm³/mol. The van der Waals surface area contributed by atoms with Gasteiger partial charge in [0.25, 0.3) is 0 Å². The average Bonchev–Trinajstić information content (AvgIpc) is 2.43. The summed E-state index contributed by atoms with van der Waals surface area (Å²) in [6, 6.07) is 0. The van der Waals surface area contributed by atoms with E-state index in [0.29, 0.717) is 0 Å². The van der Waals surface area contributed by atoms with Gasteiger partial charge in [-0.2, -0.15) is 11.8 Å². The molecule has 0 radical (unpaired) electrons. The van der Waals surface area contributed by atoms with Crippen LogP contribution in [0.1, 0.15) is 59.8 Å². The van der Waals surface area contributed by atoms with Crippen LogP contribution in [0.15, 0.2) is 0 Å². The Hall–Kier alpha value is -0.220. The largest absolute Gasteiger partial charge is 0.468 e. The summed E-state index contributed by atoms with van der Waals surface area (Å²) < 4.78 is 4.92. The maximum atomic E-state index is 11.9. The van der Waals surface area contributed by atoms with Crippen molar-refractivity contribution in [1.29, 1.82) is 0 Å². The molecule has 0 heterocycles. The van der Waals surface area contributed by atoms with E-state index in [1.165, 1.54) is 19.3 Å². The fraction of sp³-hybridized carbons (Fsp3) is 0.933. The molecule has 1 N–H and O–H groups in total. The van der Waals surface area contributed by atoms with Crippen LogP contribution in [0, 0.1) is 0 Å². The van der Waals surface area contributed by atoms with E-state index in [1.807, 2.05) is 18.7 Å². The third-order valence-electron chi connectivity index (χ3n) is 3.45. The van der Waals surface area contributed by atoms with Gasteiger partial charge in [0, 0.05) is 5.25 Å². The molecule has 0 aromatic carbocycles. The van der Waals surface area contributed by atoms with Crippen molar-refractivity contribution in [2.75, 3.05) is 19.4 Å². The van der Waals surface area contributed by atoms with Crippen molar-refractivity contribution in [3.63, 3.8) is 0 Å². The van der Waals surface area contributed by atoms with Crippen molar-refractivity contribution in [3.05, 3.63) is 0 Å². The van der Waals surface area contributed by atoms with Crippen LogP contribution in [-0.2, 0) is 9.53 Å². The lowest BCUT2D eigenvalue weighted by Crippen LogP contribution is -2.50. The Morgan fingerprint density at radius 1 is 1.37 bits per heavy atom. The number of esters is 1. The van der Waals surface area contributed by atoms with Crippen molar-refractivity contribution in [1.82, 2.24) is 5.32 Å². The Labute approximate surface area is 123 Å². The Balaban J connectivity index is 4.02. The van der Waals surface area contributed by atoms with E-state index in [-0.39, 0.29) is 5.97 Å². The Kier molecular flexibility index (Phi) is 10.4. The molecule has 2 atom stereocenters. The van der Waals surface area contributed by atoms with Gasteiger partial charge in [-0.1, -0.05) is 27.2 Å². The number of unbranched alkanes of at least 4 members (excludes halogenated alkanes) is 1. The number of hydrogen-bond donors (Lipinski definition) is 1. The third kappa shape index (κ3) is 7.83. The lowest BCUT2D eigenvalue weighted by Gasteiger charge is -2.28. The molecule has 4 heteroatoms. The van der Waals surface area contributed by atoms with Crippen LogP contribution in [0.25, 0.3) is 0 Å². The second-order valence-corrected chi connectivity index (χ2v) is 6.84. The highest BCUT2D eigenvalue weighted by Gasteiger charge is 2.32. The van der Waals surface area contributed by atoms with Gasteiger partial charge >= 0.3 is 5.97 Å². The second-order valence-electron chi connectivity index (χ2n) is 5.30. The molecule has 0 fully saturated rings. The molecule has 0 aliphatic carbocycles. The Morgan fingerprint density at radius 3 is 2.58 bits per heavy atom. The summed E-state index contributed by atoms with van der Waals surface area (Å²) in [7, 11) is 1.47. The van der Waals surface area contributed by atoms with E-state index in [0.717, 1.165) is 37.5 Å². The highest BCUT2D eigenvalue weighted by molar-refractivity contribution is 7.99. The third-order valence-corrected chi connectivity index (χ3v) is 4.88. The standard InChI is InChI=1S/C15H31NO2S/c1-6-11-16-15(4,14(17)18-5)10-8-9-12-19-13(3)7-2/h13,16H,6-12H2,1-5H3. The summed E-state index contributed by atoms with van der Waals surface area (Å²) >= 11 is 2.02. The average molecular weight is 289 g/mol. The van der Waals surface area contributed by atoms with Gasteiger partial charge in [-0.3, -0.25) is 4.79 Å². The molecular formula is C15H31NO2S. The molecule has 3 nitrogen and oxygen atoms in total. The molecule has 0 amide bonds. The molecule has 0 aromatic heterocycles. The van der Waals surface area contributed by atoms with Crippen LogP contribution in [0.3, 0.4) is 0 Å². The molecule has 0 rings (SSSR count). The minimum absolute atomic E-state index is 0.143. The zero-order chi connectivity index (χ0) is 14.7. The number of rotatable bonds is 11. The maximum Gasteiger partial charge on any atom is 0.325 e. The number of ether oxygens (including phenoxy) is 1. The van der Waals surface area contributed by atoms with Crippen molar-refractivity contribution < 1.29 is 9.53 Å². The summed E-state index contributed by atoms with van der Waals surface area (Å²) in [6.07, 6.45) is 5.32. The summed E-state index contributed by atoms with van der Waals surface area (Å²) in [6.45, 7) is 9.41. The van der Waals surface area contributed by atoms with Crippen molar-refractivity contribution in [3.8, 4) is 0 Å². The summed E-state index contributed by atoms with van der Waals surface area (Å²) in [5.74, 6) is 1.04. The monoisotopic (exact) mass is 289 g/mol. The number of hydrogen-bond acceptors (Lipinski definition) is 4. The number of carbonyl (C=O) groups excluding carboxylic acids is 1. The molecule has 0 bridgehead atoms. The molecule has 0 aliphatic heterocycles. The normalized spacial score (nSPS) is 15.8. The van der Waals surface area contributed by atoms with Gasteiger partial charge in [-0.05, 0) is 44.9 Å². The van der Waals surface area contributed by atoms with Crippen LogP contribution in [0.2, 0.25) is 0 Å². The molecule has 2 unspecified atom stereocenters. The summed E-state index contributed by atoms with van der Waals surface area (Å²) in [5, 5.41) is 4.07. The van der Waals surface area contributed by atoms with E-state index in [2.05, 4.69) is 26.1 Å². The van der Waals surface area contributed by atoms with Gasteiger partial charge < -0.3 is 10.1 Å². The first-order valence-electron chi connectivity index (χ1n) is 7.45. The van der Waals surface area contributed by atoms with Crippen molar-refractivity contribution in [2.24, 2.45) is 0 Å². The fourth-order valence-corrected chi connectivity index (χ4v) is 2.88. The summed E-state index contributed by atoms with van der Waals surface area (Å²) in [4.78, 5) is 11.9. The van der Waals surface area contributed by atoms with Gasteiger partial charge in [-0.25, -0.2) is 0 Å². The minimum atomic E-state index is -0.522. The lowest BCUT2D eigenvalue weighted by atomic mass is 9.95. The first-order valence-corrected chi connectivity index (χ1v) is 8.50. The highest BCUT2D eigenvalue weighted by atomic mass is 32.2. The fourth-order valence-electron chi connectivity index (χ4n) is 1.87. The van der Waals surface area contributed by atoms with Crippen LogP contribution >= 0.6 is 11.8 Å². The molecule has 114 valence electrons. The first-order chi connectivity index (χ1) is 9.00. The minimum Gasteiger partial charge on any atom is -0.468 e. The van der Waals surface area contributed by atoms with Crippen molar-refractivity contribution >= 4 is 17.7 Å². The quantitative estimate of drug-likeness (QED) is 0.466. The molecule has 0 aliphatic rings. The van der Waals surface area contributed by atoms with Crippen molar-refractivity contribution in [2.45, 2.75) is 70.6 Å². The van der Waals surface area contributed by atoms with Crippen LogP contribution in [0.5, 0.6) is 0 Å². The second kappa shape index (κ2) is 10.6. The molecule has 0 saturated carbocycles. The number of methoxy groups -OCH3 is 1. The maximum absolute atomic E-state index is 11.9. The summed E-state index contributed by atoms with van der Waals surface area (Å²) in [5.41, 5.74) is -0.522. The van der Waals surface area contributed by atoms with E-state index < -0.39 is 5.54 Å². The predicted octanol–water partition coefficient (Wildman–Crippen LogP) is 3.62. The van der Waals surface area contributed by atoms with Gasteiger partial charge in [0.1, 0.15) is 5.54 Å². The molecule has 0 aromatic rings. The highest BCUT2D eigenvalue weighted by Crippen LogP contribution is 2.20. The van der Waals surface area contributed by atoms with Crippen LogP contribution in [-0.4, -0.2) is 36.2 Å². The molecular weight excluding hydrogens is 258 g/mol. The van der Waals surface area contributed by atoms with E-state index in [4.69, 9.17) is 4.74 Å². The SMILES string of the molecule is CCCNC(C)(CCCCSC(C)CC)C(=O)OC. The number of carbonyl (C=O) groups is 1. The van der Waals surface area contributed by atoms with Gasteiger partial charge in [0.2, 0.25) is 0 Å². The topological polar surface area (TPSA) is 38.3 Å². The zero-order valence-corrected chi connectivity index (χ0v) is 14.1. The number of thioether (sulfide) groups is 1. The van der Waals surface area contributed by atoms with E-state index in [9.17, 15) is 4.79 Å². The van der Waals surface area contributed by atoms with E-state index >= 15 is 0 Å². The van der Waals surface area contributed by atoms with Gasteiger partial charge in [0.15, 0.2) is 0 Å². The lowest BCUT2D eigenvalue weighted by molar-refractivity contribution is -0.148. The number of nitrogens with one attached hydrogen (secondary N) is 1.